The van der Waals surface area contributed by atoms with Crippen molar-refractivity contribution < 1.29 is 4.39 Å². The highest BCUT2D eigenvalue weighted by molar-refractivity contribution is 5.47. The highest BCUT2D eigenvalue weighted by atomic mass is 19.1. The molecule has 2 aromatic heterocycles. The van der Waals surface area contributed by atoms with E-state index in [1.165, 1.54) is 6.07 Å². The third-order valence-corrected chi connectivity index (χ3v) is 4.08. The predicted molar refractivity (Wildman–Crippen MR) is 80.7 cm³/mol. The summed E-state index contributed by atoms with van der Waals surface area (Å²) in [6, 6.07) is 12.6. The van der Waals surface area contributed by atoms with Gasteiger partial charge in [0.25, 0.3) is 0 Å². The predicted octanol–water partition coefficient (Wildman–Crippen LogP) is 3.21. The number of hydrogen-bond donors (Lipinski definition) is 0. The molecule has 1 aliphatic rings. The minimum atomic E-state index is -0.182. The number of benzene rings is 1. The summed E-state index contributed by atoms with van der Waals surface area (Å²) in [5.41, 5.74) is 1.82. The number of aryl methyl sites for hydroxylation is 1. The van der Waals surface area contributed by atoms with Gasteiger partial charge in [0, 0.05) is 19.2 Å². The first-order valence-corrected chi connectivity index (χ1v) is 7.40. The number of nitrogens with zero attached hydrogens (tertiary/aromatic N) is 4. The topological polar surface area (TPSA) is 43.6 Å². The van der Waals surface area contributed by atoms with Crippen molar-refractivity contribution in [3.8, 4) is 11.5 Å². The van der Waals surface area contributed by atoms with Crippen molar-refractivity contribution in [1.82, 2.24) is 19.7 Å². The van der Waals surface area contributed by atoms with Gasteiger partial charge in [-0.2, -0.15) is 0 Å². The third-order valence-electron chi connectivity index (χ3n) is 4.08. The highest BCUT2D eigenvalue weighted by Gasteiger charge is 2.24. The quantitative estimate of drug-likeness (QED) is 0.729. The van der Waals surface area contributed by atoms with E-state index in [0.29, 0.717) is 11.7 Å². The van der Waals surface area contributed by atoms with Gasteiger partial charge in [-0.1, -0.05) is 18.2 Å². The van der Waals surface area contributed by atoms with Crippen LogP contribution in [0.15, 0.2) is 48.7 Å². The normalized spacial score (nSPS) is 17.2. The molecule has 0 radical (unpaired) electrons. The van der Waals surface area contributed by atoms with Crippen LogP contribution in [-0.4, -0.2) is 19.7 Å². The lowest BCUT2D eigenvalue weighted by Crippen LogP contribution is -2.19. The number of hydrogen-bond acceptors (Lipinski definition) is 3. The van der Waals surface area contributed by atoms with Crippen molar-refractivity contribution in [1.29, 1.82) is 0 Å². The van der Waals surface area contributed by atoms with Gasteiger partial charge in [0.1, 0.15) is 17.3 Å². The van der Waals surface area contributed by atoms with E-state index in [0.717, 1.165) is 36.5 Å². The zero-order chi connectivity index (χ0) is 14.9. The lowest BCUT2D eigenvalue weighted by molar-refractivity contribution is 0.433. The number of halogens is 1. The third kappa shape index (κ3) is 2.39. The molecule has 4 rings (SSSR count). The number of pyridine rings is 1. The zero-order valence-electron chi connectivity index (χ0n) is 12.0. The van der Waals surface area contributed by atoms with Crippen molar-refractivity contribution in [2.75, 3.05) is 0 Å². The van der Waals surface area contributed by atoms with Crippen LogP contribution < -0.4 is 0 Å². The van der Waals surface area contributed by atoms with Gasteiger partial charge in [-0.15, -0.1) is 5.10 Å². The molecule has 5 heteroatoms. The Bertz CT molecular complexity index is 797. The molecule has 0 spiro atoms. The van der Waals surface area contributed by atoms with E-state index >= 15 is 0 Å². The Hall–Kier alpha value is -2.56. The molecule has 4 nitrogen and oxygen atoms in total. The van der Waals surface area contributed by atoms with Gasteiger partial charge < -0.3 is 0 Å². The van der Waals surface area contributed by atoms with Crippen LogP contribution >= 0.6 is 0 Å². The first kappa shape index (κ1) is 13.1. The van der Waals surface area contributed by atoms with E-state index in [2.05, 4.69) is 15.1 Å². The van der Waals surface area contributed by atoms with Crippen molar-refractivity contribution in [3.63, 3.8) is 0 Å². The molecule has 1 aromatic carbocycles. The number of aromatic nitrogens is 4. The zero-order valence-corrected chi connectivity index (χ0v) is 12.0. The Morgan fingerprint density at radius 3 is 2.91 bits per heavy atom. The minimum Gasteiger partial charge on any atom is -0.253 e. The molecule has 1 atom stereocenters. The Labute approximate surface area is 127 Å². The van der Waals surface area contributed by atoms with Gasteiger partial charge in [0.15, 0.2) is 5.82 Å². The summed E-state index contributed by atoms with van der Waals surface area (Å²) in [4.78, 5) is 8.91. The first-order valence-electron chi connectivity index (χ1n) is 7.40. The van der Waals surface area contributed by atoms with Crippen LogP contribution in [0.3, 0.4) is 0 Å². The monoisotopic (exact) mass is 294 g/mol. The van der Waals surface area contributed by atoms with Gasteiger partial charge >= 0.3 is 0 Å². The Morgan fingerprint density at radius 1 is 1.14 bits per heavy atom. The molecule has 1 aliphatic heterocycles. The van der Waals surface area contributed by atoms with Gasteiger partial charge in [0.05, 0.1) is 0 Å². The van der Waals surface area contributed by atoms with Crippen molar-refractivity contribution in [2.45, 2.75) is 25.3 Å². The second-order valence-electron chi connectivity index (χ2n) is 5.53. The summed E-state index contributed by atoms with van der Waals surface area (Å²) in [6.07, 6.45) is 3.47. The van der Waals surface area contributed by atoms with Gasteiger partial charge in [-0.25, -0.2) is 14.1 Å². The number of fused-ring (bicyclic) bond motifs is 1. The average molecular weight is 294 g/mol. The summed E-state index contributed by atoms with van der Waals surface area (Å²) < 4.78 is 15.3. The molecule has 0 fully saturated rings. The largest absolute Gasteiger partial charge is 0.253 e. The van der Waals surface area contributed by atoms with Crippen LogP contribution in [0, 0.1) is 5.82 Å². The van der Waals surface area contributed by atoms with Crippen LogP contribution in [0.25, 0.3) is 11.5 Å². The molecule has 0 bridgehead atoms. The van der Waals surface area contributed by atoms with Crippen molar-refractivity contribution in [2.24, 2.45) is 0 Å². The molecule has 0 aliphatic carbocycles. The fraction of sp³-hybridized carbons (Fsp3) is 0.235. The van der Waals surface area contributed by atoms with Gasteiger partial charge in [-0.3, -0.25) is 4.98 Å². The molecule has 3 aromatic rings. The van der Waals surface area contributed by atoms with E-state index in [-0.39, 0.29) is 5.82 Å². The van der Waals surface area contributed by atoms with E-state index in [4.69, 9.17) is 0 Å². The maximum absolute atomic E-state index is 13.4. The van der Waals surface area contributed by atoms with E-state index in [1.54, 1.807) is 18.3 Å². The molecule has 0 saturated carbocycles. The van der Waals surface area contributed by atoms with Crippen LogP contribution in [0.1, 0.15) is 23.7 Å². The Balaban J connectivity index is 1.63. The Kier molecular flexibility index (Phi) is 3.18. The lowest BCUT2D eigenvalue weighted by Gasteiger charge is -2.22. The second kappa shape index (κ2) is 5.33. The molecule has 1 unspecified atom stereocenters. The molecule has 0 amide bonds. The standard InChI is InChI=1S/C17H15FN4/c18-14-5-3-4-12(10-14)13-7-9-22-16(11-13)20-17(21-22)15-6-1-2-8-19-15/h1-6,8,10,13H,7,9,11H2. The van der Waals surface area contributed by atoms with Crippen LogP contribution in [0.4, 0.5) is 4.39 Å². The average Bonchev–Trinajstić information content (AvgIpc) is 2.99. The van der Waals surface area contributed by atoms with Crippen LogP contribution in [0.5, 0.6) is 0 Å². The molecular formula is C17H15FN4. The number of rotatable bonds is 2. The maximum Gasteiger partial charge on any atom is 0.200 e. The minimum absolute atomic E-state index is 0.182. The first-order chi connectivity index (χ1) is 10.8. The summed E-state index contributed by atoms with van der Waals surface area (Å²) in [7, 11) is 0. The van der Waals surface area contributed by atoms with Gasteiger partial charge in [-0.05, 0) is 42.2 Å². The molecule has 3 heterocycles. The molecule has 22 heavy (non-hydrogen) atoms. The smallest absolute Gasteiger partial charge is 0.200 e. The molecular weight excluding hydrogens is 279 g/mol. The SMILES string of the molecule is Fc1cccc(C2CCn3nc(-c4ccccn4)nc3C2)c1. The fourth-order valence-electron chi connectivity index (χ4n) is 2.95. The van der Waals surface area contributed by atoms with E-state index < -0.39 is 0 Å². The summed E-state index contributed by atoms with van der Waals surface area (Å²) in [5, 5.41) is 4.54. The molecule has 0 N–H and O–H groups in total. The maximum atomic E-state index is 13.4. The van der Waals surface area contributed by atoms with Crippen LogP contribution in [0.2, 0.25) is 0 Å². The van der Waals surface area contributed by atoms with E-state index in [9.17, 15) is 4.39 Å². The van der Waals surface area contributed by atoms with Crippen molar-refractivity contribution >= 4 is 0 Å². The van der Waals surface area contributed by atoms with Gasteiger partial charge in [0.2, 0.25) is 0 Å². The van der Waals surface area contributed by atoms with E-state index in [1.807, 2.05) is 28.9 Å². The highest BCUT2D eigenvalue weighted by Crippen LogP contribution is 2.29. The summed E-state index contributed by atoms with van der Waals surface area (Å²) >= 11 is 0. The van der Waals surface area contributed by atoms with Crippen LogP contribution in [-0.2, 0) is 13.0 Å². The molecule has 0 saturated heterocycles. The summed E-state index contributed by atoms with van der Waals surface area (Å²) in [5.74, 6) is 1.72. The van der Waals surface area contributed by atoms with Crippen molar-refractivity contribution in [3.05, 3.63) is 65.9 Å². The fourth-order valence-corrected chi connectivity index (χ4v) is 2.95. The Morgan fingerprint density at radius 2 is 2.09 bits per heavy atom. The molecule has 110 valence electrons. The second-order valence-corrected chi connectivity index (χ2v) is 5.53. The lowest BCUT2D eigenvalue weighted by atomic mass is 9.90. The summed E-state index contributed by atoms with van der Waals surface area (Å²) in [6.45, 7) is 0.802.